The number of hydrazone groups is 1. The van der Waals surface area contributed by atoms with Crippen molar-refractivity contribution < 1.29 is 38.1 Å². The van der Waals surface area contributed by atoms with Crippen LogP contribution in [0.3, 0.4) is 0 Å². The van der Waals surface area contributed by atoms with Gasteiger partial charge >= 0.3 is 11.8 Å². The second-order valence-electron chi connectivity index (χ2n) is 8.09. The van der Waals surface area contributed by atoms with Gasteiger partial charge in [0.05, 0.1) is 40.8 Å². The molecule has 0 radical (unpaired) electrons. The normalized spacial score (nSPS) is 13.1. The van der Waals surface area contributed by atoms with E-state index in [0.29, 0.717) is 61.3 Å². The van der Waals surface area contributed by atoms with Crippen molar-refractivity contribution in [1.82, 2.24) is 15.6 Å². The molecule has 3 rings (SSSR count). The van der Waals surface area contributed by atoms with Crippen molar-refractivity contribution >= 4 is 23.9 Å². The first-order valence-corrected chi connectivity index (χ1v) is 11.9. The summed E-state index contributed by atoms with van der Waals surface area (Å²) in [6.07, 6.45) is 1.86. The molecule has 38 heavy (non-hydrogen) atoms. The number of rotatable bonds is 11. The Bertz CT molecular complexity index is 1150. The summed E-state index contributed by atoms with van der Waals surface area (Å²) < 4.78 is 26.7. The molecule has 0 saturated carbocycles. The fourth-order valence-electron chi connectivity index (χ4n) is 3.58. The first-order valence-electron chi connectivity index (χ1n) is 11.9. The zero-order valence-electron chi connectivity index (χ0n) is 21.7. The van der Waals surface area contributed by atoms with Crippen LogP contribution in [0.5, 0.6) is 23.0 Å². The van der Waals surface area contributed by atoms with E-state index in [1.54, 1.807) is 43.4 Å². The molecule has 0 aromatic heterocycles. The molecule has 12 heteroatoms. The van der Waals surface area contributed by atoms with Crippen LogP contribution in [0.4, 0.5) is 0 Å². The molecule has 0 aliphatic carbocycles. The Hall–Kier alpha value is -4.32. The lowest BCUT2D eigenvalue weighted by atomic mass is 10.1. The van der Waals surface area contributed by atoms with Crippen LogP contribution in [0.1, 0.15) is 11.1 Å². The molecular weight excluding hydrogens is 496 g/mol. The predicted octanol–water partition coefficient (Wildman–Crippen LogP) is 0.759. The topological polar surface area (TPSA) is 137 Å². The highest BCUT2D eigenvalue weighted by molar-refractivity contribution is 6.35. The Morgan fingerprint density at radius 2 is 1.61 bits per heavy atom. The number of hydrogen-bond acceptors (Lipinski definition) is 9. The lowest BCUT2D eigenvalue weighted by Gasteiger charge is -2.26. The number of morpholine rings is 1. The molecule has 204 valence electrons. The van der Waals surface area contributed by atoms with E-state index in [1.807, 2.05) is 12.1 Å². The summed E-state index contributed by atoms with van der Waals surface area (Å²) in [7, 11) is 4.57. The number of nitrogens with one attached hydrogen (secondary N) is 2. The largest absolute Gasteiger partial charge is 0.493 e. The average Bonchev–Trinajstić information content (AvgIpc) is 2.96. The van der Waals surface area contributed by atoms with Gasteiger partial charge in [-0.2, -0.15) is 5.10 Å². The van der Waals surface area contributed by atoms with E-state index < -0.39 is 11.8 Å². The van der Waals surface area contributed by atoms with E-state index in [-0.39, 0.29) is 19.1 Å². The van der Waals surface area contributed by atoms with E-state index >= 15 is 0 Å². The van der Waals surface area contributed by atoms with Gasteiger partial charge in [-0.3, -0.25) is 14.4 Å². The highest BCUT2D eigenvalue weighted by atomic mass is 16.5. The fourth-order valence-corrected chi connectivity index (χ4v) is 3.58. The van der Waals surface area contributed by atoms with Crippen molar-refractivity contribution in [3.8, 4) is 23.0 Å². The fraction of sp³-hybridized carbons (Fsp3) is 0.385. The molecule has 2 N–H and O–H groups in total. The number of amides is 3. The maximum absolute atomic E-state index is 12.3. The van der Waals surface area contributed by atoms with Gasteiger partial charge in [0.15, 0.2) is 29.6 Å². The van der Waals surface area contributed by atoms with Gasteiger partial charge in [-0.15, -0.1) is 0 Å². The van der Waals surface area contributed by atoms with Crippen LogP contribution >= 0.6 is 0 Å². The van der Waals surface area contributed by atoms with Crippen LogP contribution in [0.2, 0.25) is 0 Å². The van der Waals surface area contributed by atoms with Crippen molar-refractivity contribution in [3.63, 3.8) is 0 Å². The van der Waals surface area contributed by atoms with E-state index in [9.17, 15) is 14.4 Å². The smallest absolute Gasteiger partial charge is 0.329 e. The van der Waals surface area contributed by atoms with Crippen LogP contribution in [-0.4, -0.2) is 89.6 Å². The number of ether oxygens (including phenoxy) is 5. The molecule has 1 heterocycles. The second kappa shape index (κ2) is 14.4. The van der Waals surface area contributed by atoms with Crippen LogP contribution in [0.15, 0.2) is 41.5 Å². The van der Waals surface area contributed by atoms with Gasteiger partial charge in [0, 0.05) is 19.6 Å². The molecule has 0 atom stereocenters. The summed E-state index contributed by atoms with van der Waals surface area (Å²) in [6.45, 7) is 2.23. The standard InChI is InChI=1S/C26H32N4O8/c1-34-20-6-4-18(14-22(20)35-2)8-9-27-25(32)26(33)29-28-16-19-5-7-21(23(15-19)36-3)38-17-24(31)30-10-12-37-13-11-30/h4-7,14-16H,8-13,17H2,1-3H3,(H,27,32)(H,29,33)/b28-16-. The summed E-state index contributed by atoms with van der Waals surface area (Å²) in [5.74, 6) is 0.131. The molecule has 1 aliphatic heterocycles. The van der Waals surface area contributed by atoms with Crippen LogP contribution in [-0.2, 0) is 25.5 Å². The summed E-state index contributed by atoms with van der Waals surface area (Å²) in [4.78, 5) is 38.1. The van der Waals surface area contributed by atoms with Crippen molar-refractivity contribution in [2.75, 3.05) is 60.8 Å². The Balaban J connectivity index is 1.44. The Morgan fingerprint density at radius 1 is 0.921 bits per heavy atom. The SMILES string of the molecule is COc1ccc(CCNC(=O)C(=O)N/N=C\c2ccc(OCC(=O)N3CCOCC3)c(OC)c2)cc1OC. The van der Waals surface area contributed by atoms with Gasteiger partial charge < -0.3 is 33.9 Å². The third kappa shape index (κ3) is 8.10. The first kappa shape index (κ1) is 28.3. The lowest BCUT2D eigenvalue weighted by Crippen LogP contribution is -2.43. The van der Waals surface area contributed by atoms with Gasteiger partial charge in [0.25, 0.3) is 5.91 Å². The van der Waals surface area contributed by atoms with Crippen LogP contribution in [0, 0.1) is 0 Å². The van der Waals surface area contributed by atoms with Gasteiger partial charge in [0.1, 0.15) is 0 Å². The quantitative estimate of drug-likeness (QED) is 0.248. The first-order chi connectivity index (χ1) is 18.4. The molecule has 0 unspecified atom stereocenters. The third-order valence-electron chi connectivity index (χ3n) is 5.64. The predicted molar refractivity (Wildman–Crippen MR) is 138 cm³/mol. The molecule has 2 aromatic carbocycles. The van der Waals surface area contributed by atoms with Crippen molar-refractivity contribution in [2.45, 2.75) is 6.42 Å². The molecule has 12 nitrogen and oxygen atoms in total. The van der Waals surface area contributed by atoms with E-state index in [1.165, 1.54) is 13.3 Å². The highest BCUT2D eigenvalue weighted by Gasteiger charge is 2.18. The zero-order valence-corrected chi connectivity index (χ0v) is 21.7. The van der Waals surface area contributed by atoms with Crippen molar-refractivity contribution in [1.29, 1.82) is 0 Å². The van der Waals surface area contributed by atoms with Crippen LogP contribution in [0.25, 0.3) is 0 Å². The molecular formula is C26H32N4O8. The Labute approximate surface area is 220 Å². The molecule has 1 saturated heterocycles. The average molecular weight is 529 g/mol. The Kier molecular flexibility index (Phi) is 10.7. The summed E-state index contributed by atoms with van der Waals surface area (Å²) in [6, 6.07) is 10.4. The van der Waals surface area contributed by atoms with Crippen molar-refractivity contribution in [2.24, 2.45) is 5.10 Å². The number of carbonyl (C=O) groups excluding carboxylic acids is 3. The monoisotopic (exact) mass is 528 g/mol. The molecule has 1 fully saturated rings. The highest BCUT2D eigenvalue weighted by Crippen LogP contribution is 2.28. The van der Waals surface area contributed by atoms with Gasteiger partial charge in [-0.1, -0.05) is 6.07 Å². The van der Waals surface area contributed by atoms with Gasteiger partial charge in [-0.05, 0) is 47.9 Å². The van der Waals surface area contributed by atoms with Gasteiger partial charge in [-0.25, -0.2) is 5.43 Å². The maximum atomic E-state index is 12.3. The summed E-state index contributed by atoms with van der Waals surface area (Å²) >= 11 is 0. The maximum Gasteiger partial charge on any atom is 0.329 e. The number of nitrogens with zero attached hydrogens (tertiary/aromatic N) is 2. The second-order valence-corrected chi connectivity index (χ2v) is 8.09. The zero-order chi connectivity index (χ0) is 27.3. The lowest BCUT2D eigenvalue weighted by molar-refractivity contribution is -0.139. The molecule has 1 aliphatic rings. The summed E-state index contributed by atoms with van der Waals surface area (Å²) in [5.41, 5.74) is 3.69. The van der Waals surface area contributed by atoms with Crippen molar-refractivity contribution in [3.05, 3.63) is 47.5 Å². The minimum atomic E-state index is -0.901. The number of hydrogen-bond donors (Lipinski definition) is 2. The van der Waals surface area contributed by atoms with E-state index in [4.69, 9.17) is 23.7 Å². The molecule has 0 bridgehead atoms. The Morgan fingerprint density at radius 3 is 2.32 bits per heavy atom. The van der Waals surface area contributed by atoms with Gasteiger partial charge in [0.2, 0.25) is 0 Å². The third-order valence-corrected chi connectivity index (χ3v) is 5.64. The summed E-state index contributed by atoms with van der Waals surface area (Å²) in [5, 5.41) is 6.37. The molecule has 3 amide bonds. The van der Waals surface area contributed by atoms with Crippen LogP contribution < -0.4 is 29.7 Å². The minimum Gasteiger partial charge on any atom is -0.493 e. The number of benzene rings is 2. The number of carbonyl (C=O) groups is 3. The van der Waals surface area contributed by atoms with E-state index in [0.717, 1.165) is 5.56 Å². The molecule has 2 aromatic rings. The van der Waals surface area contributed by atoms with E-state index in [2.05, 4.69) is 15.8 Å². The number of methoxy groups -OCH3 is 3. The molecule has 0 spiro atoms. The minimum absolute atomic E-state index is 0.124.